The van der Waals surface area contributed by atoms with Gasteiger partial charge < -0.3 is 5.32 Å². The molecule has 0 atom stereocenters. The molecule has 3 heteroatoms. The molecule has 0 amide bonds. The summed E-state index contributed by atoms with van der Waals surface area (Å²) in [5.74, 6) is 0. The first-order chi connectivity index (χ1) is 7.36. The summed E-state index contributed by atoms with van der Waals surface area (Å²) in [6, 6.07) is 6.38. The van der Waals surface area contributed by atoms with Crippen LogP contribution in [0.25, 0.3) is 11.3 Å². The quantitative estimate of drug-likeness (QED) is 0.732. The van der Waals surface area contributed by atoms with Crippen molar-refractivity contribution in [3.8, 4) is 11.3 Å². The molecular weight excluding hydrogens is 204 g/mol. The van der Waals surface area contributed by atoms with E-state index in [0.717, 1.165) is 13.0 Å². The lowest BCUT2D eigenvalue weighted by molar-refractivity contribution is 1.06. The van der Waals surface area contributed by atoms with Crippen LogP contribution in [0.2, 0.25) is 0 Å². The molecule has 1 aromatic heterocycles. The van der Waals surface area contributed by atoms with Crippen molar-refractivity contribution in [3.05, 3.63) is 34.2 Å². The number of aryl methyl sites for hydroxylation is 1. The minimum Gasteiger partial charge on any atom is -0.384 e. The summed E-state index contributed by atoms with van der Waals surface area (Å²) in [5, 5.41) is 3.47. The van der Waals surface area contributed by atoms with Crippen molar-refractivity contribution in [2.45, 2.75) is 13.3 Å². The van der Waals surface area contributed by atoms with Gasteiger partial charge in [0.15, 0.2) is 0 Å². The third-order valence-corrected chi connectivity index (χ3v) is 3.71. The van der Waals surface area contributed by atoms with Gasteiger partial charge in [-0.25, -0.2) is 4.98 Å². The summed E-state index contributed by atoms with van der Waals surface area (Å²) >= 11 is 1.76. The van der Waals surface area contributed by atoms with E-state index in [1.165, 1.54) is 27.4 Å². The highest BCUT2D eigenvalue weighted by molar-refractivity contribution is 7.10. The number of aromatic nitrogens is 1. The fourth-order valence-electron chi connectivity index (χ4n) is 2.09. The molecule has 2 nitrogen and oxygen atoms in total. The van der Waals surface area contributed by atoms with Crippen LogP contribution in [0, 0.1) is 6.92 Å². The normalized spacial score (nSPS) is 13.7. The Morgan fingerprint density at radius 3 is 3.27 bits per heavy atom. The van der Waals surface area contributed by atoms with Crippen molar-refractivity contribution >= 4 is 17.0 Å². The Kier molecular flexibility index (Phi) is 1.99. The second-order valence-electron chi connectivity index (χ2n) is 3.80. The van der Waals surface area contributed by atoms with Crippen LogP contribution < -0.4 is 5.32 Å². The van der Waals surface area contributed by atoms with E-state index in [2.05, 4.69) is 35.4 Å². The van der Waals surface area contributed by atoms with E-state index in [1.54, 1.807) is 11.3 Å². The fraction of sp³-hybridized carbons (Fsp3) is 0.250. The van der Waals surface area contributed by atoms with E-state index in [9.17, 15) is 0 Å². The van der Waals surface area contributed by atoms with Gasteiger partial charge in [-0.15, -0.1) is 11.3 Å². The highest BCUT2D eigenvalue weighted by Gasteiger charge is 2.17. The third-order valence-electron chi connectivity index (χ3n) is 2.82. The Bertz CT molecular complexity index is 502. The van der Waals surface area contributed by atoms with Crippen molar-refractivity contribution in [3.63, 3.8) is 0 Å². The molecule has 1 aliphatic rings. The predicted octanol–water partition coefficient (Wildman–Crippen LogP) is 3.09. The van der Waals surface area contributed by atoms with Crippen LogP contribution >= 0.6 is 11.3 Å². The zero-order valence-electron chi connectivity index (χ0n) is 8.58. The smallest absolute Gasteiger partial charge is 0.0867 e. The standard InChI is InChI=1S/C12H12N2S/c1-8-3-2-4-9-11(8)12-10(5-6-13-9)15-7-14-12/h2-4,7,13H,5-6H2,1H3. The summed E-state index contributed by atoms with van der Waals surface area (Å²) in [7, 11) is 0. The number of nitrogens with one attached hydrogen (secondary N) is 1. The number of hydrogen-bond acceptors (Lipinski definition) is 3. The molecule has 76 valence electrons. The lowest BCUT2D eigenvalue weighted by atomic mass is 10.0. The third kappa shape index (κ3) is 1.35. The maximum atomic E-state index is 4.50. The number of anilines is 1. The van der Waals surface area contributed by atoms with Crippen molar-refractivity contribution in [2.75, 3.05) is 11.9 Å². The molecule has 1 aliphatic heterocycles. The first kappa shape index (κ1) is 8.92. The van der Waals surface area contributed by atoms with Crippen molar-refractivity contribution in [1.29, 1.82) is 0 Å². The Morgan fingerprint density at radius 1 is 1.40 bits per heavy atom. The molecule has 0 saturated heterocycles. The fourth-order valence-corrected chi connectivity index (χ4v) is 2.86. The lowest BCUT2D eigenvalue weighted by Gasteiger charge is -2.09. The second kappa shape index (κ2) is 3.35. The van der Waals surface area contributed by atoms with Crippen molar-refractivity contribution < 1.29 is 0 Å². The molecule has 0 aliphatic carbocycles. The number of thiazole rings is 1. The Morgan fingerprint density at radius 2 is 2.33 bits per heavy atom. The van der Waals surface area contributed by atoms with E-state index in [1.807, 2.05) is 5.51 Å². The average molecular weight is 216 g/mol. The van der Waals surface area contributed by atoms with Gasteiger partial charge >= 0.3 is 0 Å². The highest BCUT2D eigenvalue weighted by Crippen LogP contribution is 2.36. The number of nitrogens with zero attached hydrogens (tertiary/aromatic N) is 1. The molecule has 0 unspecified atom stereocenters. The summed E-state index contributed by atoms with van der Waals surface area (Å²) in [6.07, 6.45) is 1.08. The van der Waals surface area contributed by atoms with Gasteiger partial charge in [-0.1, -0.05) is 12.1 Å². The molecule has 0 bridgehead atoms. The zero-order valence-corrected chi connectivity index (χ0v) is 9.40. The Hall–Kier alpha value is -1.35. The van der Waals surface area contributed by atoms with E-state index in [4.69, 9.17) is 0 Å². The van der Waals surface area contributed by atoms with E-state index in [-0.39, 0.29) is 0 Å². The molecular formula is C12H12N2S. The molecule has 0 radical (unpaired) electrons. The Labute approximate surface area is 93.0 Å². The van der Waals surface area contributed by atoms with Crippen molar-refractivity contribution in [2.24, 2.45) is 0 Å². The van der Waals surface area contributed by atoms with Gasteiger partial charge in [-0.2, -0.15) is 0 Å². The minimum atomic E-state index is 1.01. The summed E-state index contributed by atoms with van der Waals surface area (Å²) in [4.78, 5) is 5.90. The molecule has 0 saturated carbocycles. The van der Waals surface area contributed by atoms with Crippen LogP contribution in [0.3, 0.4) is 0 Å². The van der Waals surface area contributed by atoms with Crippen LogP contribution in [0.15, 0.2) is 23.7 Å². The van der Waals surface area contributed by atoms with Gasteiger partial charge in [0.1, 0.15) is 0 Å². The molecule has 1 aromatic carbocycles. The maximum Gasteiger partial charge on any atom is 0.0867 e. The summed E-state index contributed by atoms with van der Waals surface area (Å²) < 4.78 is 0. The monoisotopic (exact) mass is 216 g/mol. The van der Waals surface area contributed by atoms with Crippen LogP contribution in [-0.4, -0.2) is 11.5 Å². The van der Waals surface area contributed by atoms with Gasteiger partial charge in [-0.3, -0.25) is 0 Å². The number of benzene rings is 1. The number of hydrogen-bond donors (Lipinski definition) is 1. The average Bonchev–Trinajstić information content (AvgIpc) is 2.60. The van der Waals surface area contributed by atoms with Crippen LogP contribution in [0.1, 0.15) is 10.4 Å². The summed E-state index contributed by atoms with van der Waals surface area (Å²) in [5.41, 5.74) is 6.93. The topological polar surface area (TPSA) is 24.9 Å². The molecule has 0 spiro atoms. The predicted molar refractivity (Wildman–Crippen MR) is 64.5 cm³/mol. The van der Waals surface area contributed by atoms with E-state index >= 15 is 0 Å². The Balaban J connectivity index is 2.32. The van der Waals surface area contributed by atoms with Gasteiger partial charge in [0.2, 0.25) is 0 Å². The number of rotatable bonds is 0. The summed E-state index contributed by atoms with van der Waals surface area (Å²) in [6.45, 7) is 3.15. The van der Waals surface area contributed by atoms with Gasteiger partial charge in [0, 0.05) is 29.1 Å². The minimum absolute atomic E-state index is 1.01. The molecule has 2 aromatic rings. The van der Waals surface area contributed by atoms with Gasteiger partial charge in [0.05, 0.1) is 11.2 Å². The molecule has 0 fully saturated rings. The lowest BCUT2D eigenvalue weighted by Crippen LogP contribution is -2.01. The van der Waals surface area contributed by atoms with Crippen LogP contribution in [-0.2, 0) is 6.42 Å². The maximum absolute atomic E-state index is 4.50. The zero-order chi connectivity index (χ0) is 10.3. The molecule has 15 heavy (non-hydrogen) atoms. The highest BCUT2D eigenvalue weighted by atomic mass is 32.1. The SMILES string of the molecule is Cc1cccc2c1-c1ncsc1CCN2. The number of fused-ring (bicyclic) bond motifs is 3. The van der Waals surface area contributed by atoms with Gasteiger partial charge in [-0.05, 0) is 18.6 Å². The molecule has 2 heterocycles. The largest absolute Gasteiger partial charge is 0.384 e. The molecule has 3 rings (SSSR count). The van der Waals surface area contributed by atoms with Crippen LogP contribution in [0.4, 0.5) is 5.69 Å². The van der Waals surface area contributed by atoms with E-state index in [0.29, 0.717) is 0 Å². The first-order valence-electron chi connectivity index (χ1n) is 5.12. The van der Waals surface area contributed by atoms with E-state index < -0.39 is 0 Å². The first-order valence-corrected chi connectivity index (χ1v) is 6.00. The van der Waals surface area contributed by atoms with Crippen LogP contribution in [0.5, 0.6) is 0 Å². The van der Waals surface area contributed by atoms with Gasteiger partial charge in [0.25, 0.3) is 0 Å². The molecule has 1 N–H and O–H groups in total. The van der Waals surface area contributed by atoms with Crippen molar-refractivity contribution in [1.82, 2.24) is 4.98 Å². The second-order valence-corrected chi connectivity index (χ2v) is 4.74.